The van der Waals surface area contributed by atoms with E-state index in [1.54, 1.807) is 30.5 Å². The van der Waals surface area contributed by atoms with Crippen LogP contribution in [0, 0.1) is 5.92 Å². The predicted molar refractivity (Wildman–Crippen MR) is 107 cm³/mol. The van der Waals surface area contributed by atoms with E-state index in [9.17, 15) is 9.59 Å². The maximum absolute atomic E-state index is 13.1. The molecular formula is C20H20ClN5O2. The van der Waals surface area contributed by atoms with Crippen LogP contribution >= 0.6 is 11.6 Å². The number of nitrogens with zero attached hydrogens (tertiary/aromatic N) is 2. The van der Waals surface area contributed by atoms with E-state index in [1.165, 1.54) is 6.33 Å². The fourth-order valence-electron chi connectivity index (χ4n) is 3.76. The summed E-state index contributed by atoms with van der Waals surface area (Å²) in [5.41, 5.74) is 6.90. The van der Waals surface area contributed by atoms with Crippen LogP contribution in [-0.2, 0) is 4.79 Å². The summed E-state index contributed by atoms with van der Waals surface area (Å²) < 4.78 is 0. The fourth-order valence-corrected chi connectivity index (χ4v) is 3.98. The minimum atomic E-state index is -0.235. The number of aromatic nitrogens is 3. The largest absolute Gasteiger partial charge is 0.369 e. The normalized spacial score (nSPS) is 19.5. The van der Waals surface area contributed by atoms with Crippen molar-refractivity contribution in [3.8, 4) is 0 Å². The zero-order chi connectivity index (χ0) is 19.7. The summed E-state index contributed by atoms with van der Waals surface area (Å²) in [5, 5.41) is 4.47. The Bertz CT molecular complexity index is 1040. The number of aromatic amines is 1. The first-order valence-electron chi connectivity index (χ1n) is 9.21. The summed E-state index contributed by atoms with van der Waals surface area (Å²) in [4.78, 5) is 36.1. The Kier molecular flexibility index (Phi) is 5.00. The Morgan fingerprint density at radius 3 is 2.57 bits per heavy atom. The first-order chi connectivity index (χ1) is 13.5. The number of hydrogen-bond acceptors (Lipinski definition) is 5. The van der Waals surface area contributed by atoms with Crippen molar-refractivity contribution in [1.82, 2.24) is 15.0 Å². The molecule has 0 unspecified atom stereocenters. The van der Waals surface area contributed by atoms with Crippen LogP contribution in [0.5, 0.6) is 0 Å². The Morgan fingerprint density at radius 1 is 1.11 bits per heavy atom. The maximum atomic E-state index is 13.1. The minimum absolute atomic E-state index is 0.0620. The standard InChI is InChI=1S/C20H20ClN5O2/c21-15-4-2-1-3-13(15)17(27)14-9-23-19-16(14)20(25-10-24-19)26-12-7-5-11(6-8-12)18(22)28/h1-4,9-12H,5-8H2,(H2,22,28)(H2,23,24,25,26). The lowest BCUT2D eigenvalue weighted by atomic mass is 9.85. The minimum Gasteiger partial charge on any atom is -0.369 e. The van der Waals surface area contributed by atoms with Gasteiger partial charge in [0.25, 0.3) is 0 Å². The monoisotopic (exact) mass is 397 g/mol. The first-order valence-corrected chi connectivity index (χ1v) is 9.59. The Morgan fingerprint density at radius 2 is 1.86 bits per heavy atom. The molecule has 1 aromatic carbocycles. The van der Waals surface area contributed by atoms with Crippen LogP contribution < -0.4 is 11.1 Å². The summed E-state index contributed by atoms with van der Waals surface area (Å²) in [6, 6.07) is 7.11. The number of fused-ring (bicyclic) bond motifs is 1. The highest BCUT2D eigenvalue weighted by molar-refractivity contribution is 6.35. The molecular weight excluding hydrogens is 378 g/mol. The molecule has 2 aromatic heterocycles. The van der Waals surface area contributed by atoms with Crippen molar-refractivity contribution in [1.29, 1.82) is 0 Å². The van der Waals surface area contributed by atoms with Crippen LogP contribution in [0.4, 0.5) is 5.82 Å². The van der Waals surface area contributed by atoms with Gasteiger partial charge >= 0.3 is 0 Å². The molecule has 8 heteroatoms. The van der Waals surface area contributed by atoms with Crippen LogP contribution in [-0.4, -0.2) is 32.7 Å². The molecule has 0 bridgehead atoms. The second-order valence-electron chi connectivity index (χ2n) is 7.05. The number of carbonyl (C=O) groups excluding carboxylic acids is 2. The van der Waals surface area contributed by atoms with E-state index in [2.05, 4.69) is 20.3 Å². The molecule has 1 amide bonds. The van der Waals surface area contributed by atoms with Crippen molar-refractivity contribution in [3.05, 3.63) is 52.9 Å². The predicted octanol–water partition coefficient (Wildman–Crippen LogP) is 3.30. The van der Waals surface area contributed by atoms with Crippen LogP contribution in [0.15, 0.2) is 36.8 Å². The van der Waals surface area contributed by atoms with Crippen molar-refractivity contribution in [2.75, 3.05) is 5.32 Å². The number of primary amides is 1. The zero-order valence-electron chi connectivity index (χ0n) is 15.1. The number of rotatable bonds is 5. The quantitative estimate of drug-likeness (QED) is 0.571. The number of carbonyl (C=O) groups is 2. The number of benzene rings is 1. The number of anilines is 1. The summed E-state index contributed by atoms with van der Waals surface area (Å²) in [6.45, 7) is 0. The van der Waals surface area contributed by atoms with Gasteiger partial charge in [0, 0.05) is 23.7 Å². The van der Waals surface area contributed by atoms with E-state index in [0.717, 1.165) is 25.7 Å². The third kappa shape index (κ3) is 3.45. The van der Waals surface area contributed by atoms with E-state index < -0.39 is 0 Å². The van der Waals surface area contributed by atoms with Gasteiger partial charge in [-0.3, -0.25) is 9.59 Å². The molecule has 1 fully saturated rings. The van der Waals surface area contributed by atoms with Crippen molar-refractivity contribution >= 4 is 40.1 Å². The van der Waals surface area contributed by atoms with Gasteiger partial charge in [-0.2, -0.15) is 0 Å². The number of amides is 1. The van der Waals surface area contributed by atoms with Crippen LogP contribution in [0.1, 0.15) is 41.6 Å². The lowest BCUT2D eigenvalue weighted by Gasteiger charge is -2.27. The van der Waals surface area contributed by atoms with Gasteiger partial charge in [0.1, 0.15) is 17.8 Å². The third-order valence-corrected chi connectivity index (χ3v) is 5.63. The lowest BCUT2D eigenvalue weighted by Crippen LogP contribution is -2.32. The lowest BCUT2D eigenvalue weighted by molar-refractivity contribution is -0.122. The zero-order valence-corrected chi connectivity index (χ0v) is 15.9. The molecule has 0 saturated heterocycles. The smallest absolute Gasteiger partial charge is 0.220 e. The van der Waals surface area contributed by atoms with Crippen molar-refractivity contribution in [2.45, 2.75) is 31.7 Å². The van der Waals surface area contributed by atoms with Crippen molar-refractivity contribution in [3.63, 3.8) is 0 Å². The van der Waals surface area contributed by atoms with E-state index in [4.69, 9.17) is 17.3 Å². The maximum Gasteiger partial charge on any atom is 0.220 e. The highest BCUT2D eigenvalue weighted by Gasteiger charge is 2.26. The average molecular weight is 398 g/mol. The van der Waals surface area contributed by atoms with Gasteiger partial charge in [-0.25, -0.2) is 9.97 Å². The molecule has 3 aromatic rings. The molecule has 1 aliphatic carbocycles. The van der Waals surface area contributed by atoms with Crippen LogP contribution in [0.3, 0.4) is 0 Å². The Hall–Kier alpha value is -2.93. The van der Waals surface area contributed by atoms with E-state index >= 15 is 0 Å². The molecule has 7 nitrogen and oxygen atoms in total. The fraction of sp³-hybridized carbons (Fsp3) is 0.300. The van der Waals surface area contributed by atoms with E-state index in [1.807, 2.05) is 0 Å². The molecule has 4 rings (SSSR count). The van der Waals surface area contributed by atoms with Gasteiger partial charge in [-0.15, -0.1) is 0 Å². The van der Waals surface area contributed by atoms with Gasteiger partial charge in [-0.1, -0.05) is 23.7 Å². The van der Waals surface area contributed by atoms with E-state index in [-0.39, 0.29) is 23.7 Å². The molecule has 1 saturated carbocycles. The SMILES string of the molecule is NC(=O)C1CCC(Nc2ncnc3[nH]cc(C(=O)c4ccccc4Cl)c23)CC1. The van der Waals surface area contributed by atoms with Crippen LogP contribution in [0.25, 0.3) is 11.0 Å². The number of hydrogen-bond donors (Lipinski definition) is 3. The second-order valence-corrected chi connectivity index (χ2v) is 7.46. The summed E-state index contributed by atoms with van der Waals surface area (Å²) in [5.74, 6) is 0.116. The van der Waals surface area contributed by atoms with Gasteiger partial charge in [0.2, 0.25) is 5.91 Å². The summed E-state index contributed by atoms with van der Waals surface area (Å²) >= 11 is 6.21. The molecule has 28 heavy (non-hydrogen) atoms. The molecule has 0 atom stereocenters. The van der Waals surface area contributed by atoms with Crippen LogP contribution in [0.2, 0.25) is 5.02 Å². The molecule has 0 spiro atoms. The Labute approximate surface area is 166 Å². The summed E-state index contributed by atoms with van der Waals surface area (Å²) in [6.07, 6.45) is 6.23. The van der Waals surface area contributed by atoms with Crippen molar-refractivity contribution < 1.29 is 9.59 Å². The van der Waals surface area contributed by atoms with Gasteiger partial charge in [0.15, 0.2) is 5.78 Å². The average Bonchev–Trinajstić information content (AvgIpc) is 3.13. The number of H-pyrrole nitrogens is 1. The first kappa shape index (κ1) is 18.4. The number of halogens is 1. The van der Waals surface area contributed by atoms with Gasteiger partial charge in [-0.05, 0) is 37.8 Å². The van der Waals surface area contributed by atoms with Gasteiger partial charge < -0.3 is 16.0 Å². The summed E-state index contributed by atoms with van der Waals surface area (Å²) in [7, 11) is 0. The molecule has 2 heterocycles. The number of nitrogens with one attached hydrogen (secondary N) is 2. The van der Waals surface area contributed by atoms with Crippen molar-refractivity contribution in [2.24, 2.45) is 11.7 Å². The Balaban J connectivity index is 1.64. The molecule has 0 radical (unpaired) electrons. The number of nitrogens with two attached hydrogens (primary N) is 1. The molecule has 1 aliphatic rings. The molecule has 4 N–H and O–H groups in total. The molecule has 144 valence electrons. The topological polar surface area (TPSA) is 114 Å². The highest BCUT2D eigenvalue weighted by Crippen LogP contribution is 2.31. The van der Waals surface area contributed by atoms with E-state index in [0.29, 0.717) is 33.0 Å². The molecule has 0 aliphatic heterocycles. The number of ketones is 1. The highest BCUT2D eigenvalue weighted by atomic mass is 35.5. The van der Waals surface area contributed by atoms with Gasteiger partial charge in [0.05, 0.1) is 16.0 Å². The second kappa shape index (κ2) is 7.59. The third-order valence-electron chi connectivity index (χ3n) is 5.30.